The fourth-order valence-electron chi connectivity index (χ4n) is 2.95. The summed E-state index contributed by atoms with van der Waals surface area (Å²) >= 11 is 5.75. The number of piperidine rings is 1. The lowest BCUT2D eigenvalue weighted by atomic mass is 9.90. The molecule has 0 spiro atoms. The largest absolute Gasteiger partial charge is 0.481 e. The van der Waals surface area contributed by atoms with E-state index in [9.17, 15) is 23.1 Å². The van der Waals surface area contributed by atoms with Crippen LogP contribution in [0.15, 0.2) is 29.2 Å². The first kappa shape index (κ1) is 19.7. The molecule has 1 aliphatic heterocycles. The quantitative estimate of drug-likeness (QED) is 0.796. The van der Waals surface area contributed by atoms with Gasteiger partial charge in [-0.3, -0.25) is 9.59 Å². The zero-order valence-electron chi connectivity index (χ0n) is 14.0. The normalized spacial score (nSPS) is 22.4. The molecule has 3 unspecified atom stereocenters. The van der Waals surface area contributed by atoms with Crippen molar-refractivity contribution >= 4 is 33.5 Å². The number of carboxylic acid groups (broad SMARTS) is 1. The molecule has 9 heteroatoms. The first-order chi connectivity index (χ1) is 11.6. The molecule has 1 aromatic rings. The van der Waals surface area contributed by atoms with Gasteiger partial charge in [0.25, 0.3) is 0 Å². The molecule has 1 heterocycles. The maximum absolute atomic E-state index is 12.6. The second kappa shape index (κ2) is 7.72. The highest BCUT2D eigenvalue weighted by Gasteiger charge is 2.34. The van der Waals surface area contributed by atoms with Gasteiger partial charge in [0.05, 0.1) is 16.9 Å². The van der Waals surface area contributed by atoms with E-state index in [1.165, 1.54) is 36.1 Å². The lowest BCUT2D eigenvalue weighted by molar-refractivity contribution is -0.147. The highest BCUT2D eigenvalue weighted by molar-refractivity contribution is 7.89. The number of benzene rings is 1. The topological polar surface area (TPSA) is 104 Å². The number of rotatable bonds is 5. The number of carboxylic acids is 1. The van der Waals surface area contributed by atoms with Gasteiger partial charge in [-0.1, -0.05) is 18.5 Å². The highest BCUT2D eigenvalue weighted by atomic mass is 35.5. The third-order valence-electron chi connectivity index (χ3n) is 4.15. The molecule has 1 amide bonds. The molecule has 0 aromatic heterocycles. The number of hydrogen-bond donors (Lipinski definition) is 2. The van der Waals surface area contributed by atoms with Crippen molar-refractivity contribution in [3.8, 4) is 0 Å². The molecule has 0 radical (unpaired) electrons. The highest BCUT2D eigenvalue weighted by Crippen LogP contribution is 2.22. The molecule has 1 aliphatic rings. The van der Waals surface area contributed by atoms with E-state index in [1.54, 1.807) is 0 Å². The molecular formula is C16H21ClN2O5S. The molecule has 138 valence electrons. The van der Waals surface area contributed by atoms with Gasteiger partial charge >= 0.3 is 5.97 Å². The van der Waals surface area contributed by atoms with E-state index in [0.29, 0.717) is 18.0 Å². The molecule has 2 N–H and O–H groups in total. The molecule has 1 saturated heterocycles. The standard InChI is InChI=1S/C16H21ClN2O5S/c1-10-7-12(16(21)22)9-19(8-10)15(20)11(2)18-25(23,24)14-5-3-13(17)4-6-14/h3-6,10-12,18H,7-9H2,1-2H3,(H,21,22). The average Bonchev–Trinajstić information content (AvgIpc) is 2.53. The molecule has 0 saturated carbocycles. The maximum Gasteiger partial charge on any atom is 0.308 e. The molecule has 1 aromatic carbocycles. The summed E-state index contributed by atoms with van der Waals surface area (Å²) in [7, 11) is -3.88. The Labute approximate surface area is 152 Å². The number of carbonyl (C=O) groups excluding carboxylic acids is 1. The minimum Gasteiger partial charge on any atom is -0.481 e. The van der Waals surface area contributed by atoms with Crippen LogP contribution in [-0.4, -0.2) is 49.4 Å². The van der Waals surface area contributed by atoms with Crippen LogP contribution in [0, 0.1) is 11.8 Å². The van der Waals surface area contributed by atoms with Gasteiger partial charge in [0.1, 0.15) is 0 Å². The van der Waals surface area contributed by atoms with Gasteiger partial charge < -0.3 is 10.0 Å². The van der Waals surface area contributed by atoms with Crippen molar-refractivity contribution in [2.75, 3.05) is 13.1 Å². The van der Waals surface area contributed by atoms with E-state index >= 15 is 0 Å². The Morgan fingerprint density at radius 3 is 2.44 bits per heavy atom. The number of hydrogen-bond acceptors (Lipinski definition) is 4. The van der Waals surface area contributed by atoms with Gasteiger partial charge in [0.2, 0.25) is 15.9 Å². The fourth-order valence-corrected chi connectivity index (χ4v) is 4.27. The summed E-state index contributed by atoms with van der Waals surface area (Å²) < 4.78 is 27.1. The van der Waals surface area contributed by atoms with Gasteiger partial charge in [0.15, 0.2) is 0 Å². The summed E-state index contributed by atoms with van der Waals surface area (Å²) in [5.41, 5.74) is 0. The molecule has 0 aliphatic carbocycles. The first-order valence-corrected chi connectivity index (χ1v) is 9.75. The van der Waals surface area contributed by atoms with Crippen molar-refractivity contribution < 1.29 is 23.1 Å². The molecule has 25 heavy (non-hydrogen) atoms. The van der Waals surface area contributed by atoms with E-state index in [4.69, 9.17) is 11.6 Å². The lowest BCUT2D eigenvalue weighted by Gasteiger charge is -2.36. The second-order valence-electron chi connectivity index (χ2n) is 6.42. The Bertz CT molecular complexity index is 750. The molecule has 7 nitrogen and oxygen atoms in total. The number of likely N-dealkylation sites (tertiary alicyclic amines) is 1. The molecule has 2 rings (SSSR count). The van der Waals surface area contributed by atoms with Crippen LogP contribution in [0.1, 0.15) is 20.3 Å². The third kappa shape index (κ3) is 4.93. The van der Waals surface area contributed by atoms with Crippen LogP contribution >= 0.6 is 11.6 Å². The van der Waals surface area contributed by atoms with Crippen molar-refractivity contribution in [2.45, 2.75) is 31.2 Å². The Hall–Kier alpha value is -1.64. The Morgan fingerprint density at radius 2 is 1.88 bits per heavy atom. The zero-order valence-corrected chi connectivity index (χ0v) is 15.5. The molecule has 3 atom stereocenters. The van der Waals surface area contributed by atoms with Crippen molar-refractivity contribution in [3.05, 3.63) is 29.3 Å². The van der Waals surface area contributed by atoms with Gasteiger partial charge in [-0.2, -0.15) is 4.72 Å². The monoisotopic (exact) mass is 388 g/mol. The lowest BCUT2D eigenvalue weighted by Crippen LogP contribution is -2.52. The number of amides is 1. The summed E-state index contributed by atoms with van der Waals surface area (Å²) in [5.74, 6) is -1.97. The SMILES string of the molecule is CC1CC(C(=O)O)CN(C(=O)C(C)NS(=O)(=O)c2ccc(Cl)cc2)C1. The van der Waals surface area contributed by atoms with Crippen molar-refractivity contribution in [3.63, 3.8) is 0 Å². The summed E-state index contributed by atoms with van der Waals surface area (Å²) in [6.45, 7) is 3.82. The van der Waals surface area contributed by atoms with Gasteiger partial charge in [-0.15, -0.1) is 0 Å². The molecule has 1 fully saturated rings. The van der Waals surface area contributed by atoms with Crippen LogP contribution in [0.5, 0.6) is 0 Å². The van der Waals surface area contributed by atoms with Crippen LogP contribution in [0.3, 0.4) is 0 Å². The summed E-state index contributed by atoms with van der Waals surface area (Å²) in [5, 5.41) is 9.60. The Balaban J connectivity index is 2.08. The van der Waals surface area contributed by atoms with Crippen molar-refractivity contribution in [1.82, 2.24) is 9.62 Å². The fraction of sp³-hybridized carbons (Fsp3) is 0.500. The molecular weight excluding hydrogens is 368 g/mol. The number of halogens is 1. The van der Waals surface area contributed by atoms with Gasteiger partial charge in [-0.05, 0) is 43.5 Å². The number of sulfonamides is 1. The number of carbonyl (C=O) groups is 2. The number of nitrogens with zero attached hydrogens (tertiary/aromatic N) is 1. The van der Waals surface area contributed by atoms with E-state index in [0.717, 1.165) is 0 Å². The Kier molecular flexibility index (Phi) is 6.08. The minimum absolute atomic E-state index is 0.00646. The van der Waals surface area contributed by atoms with Crippen LogP contribution in [0.2, 0.25) is 5.02 Å². The zero-order chi connectivity index (χ0) is 18.8. The summed E-state index contributed by atoms with van der Waals surface area (Å²) in [4.78, 5) is 25.2. The smallest absolute Gasteiger partial charge is 0.308 e. The van der Waals surface area contributed by atoms with E-state index in [1.807, 2.05) is 6.92 Å². The van der Waals surface area contributed by atoms with Crippen LogP contribution in [0.4, 0.5) is 0 Å². The van der Waals surface area contributed by atoms with Gasteiger partial charge in [0, 0.05) is 18.1 Å². The van der Waals surface area contributed by atoms with Crippen LogP contribution in [0.25, 0.3) is 0 Å². The third-order valence-corrected chi connectivity index (χ3v) is 5.96. The predicted molar refractivity (Wildman–Crippen MR) is 92.7 cm³/mol. The van der Waals surface area contributed by atoms with Crippen LogP contribution in [-0.2, 0) is 19.6 Å². The maximum atomic E-state index is 12.6. The van der Waals surface area contributed by atoms with Crippen molar-refractivity contribution in [2.24, 2.45) is 11.8 Å². The van der Waals surface area contributed by atoms with Crippen molar-refractivity contribution in [1.29, 1.82) is 0 Å². The van der Waals surface area contributed by atoms with Gasteiger partial charge in [-0.25, -0.2) is 8.42 Å². The van der Waals surface area contributed by atoms with Crippen LogP contribution < -0.4 is 4.72 Å². The number of aliphatic carboxylic acids is 1. The first-order valence-electron chi connectivity index (χ1n) is 7.89. The average molecular weight is 389 g/mol. The second-order valence-corrected chi connectivity index (χ2v) is 8.57. The summed E-state index contributed by atoms with van der Waals surface area (Å²) in [6, 6.07) is 4.61. The molecule has 0 bridgehead atoms. The predicted octanol–water partition coefficient (Wildman–Crippen LogP) is 1.58. The van der Waals surface area contributed by atoms with E-state index in [-0.39, 0.29) is 17.4 Å². The minimum atomic E-state index is -3.88. The Morgan fingerprint density at radius 1 is 1.28 bits per heavy atom. The van der Waals surface area contributed by atoms with E-state index in [2.05, 4.69) is 4.72 Å². The summed E-state index contributed by atoms with van der Waals surface area (Å²) in [6.07, 6.45) is 0.504. The number of nitrogens with one attached hydrogen (secondary N) is 1. The van der Waals surface area contributed by atoms with E-state index < -0.39 is 33.9 Å².